The lowest BCUT2D eigenvalue weighted by Gasteiger charge is -1.97. The van der Waals surface area contributed by atoms with E-state index in [-0.39, 0.29) is 6.61 Å². The number of rotatable bonds is 9. The highest BCUT2D eigenvalue weighted by Gasteiger charge is 1.89. The molecule has 0 aliphatic heterocycles. The Morgan fingerprint density at radius 3 is 2.08 bits per heavy atom. The summed E-state index contributed by atoms with van der Waals surface area (Å²) in [5.41, 5.74) is 0. The molecule has 1 nitrogen and oxygen atoms in total. The van der Waals surface area contributed by atoms with Gasteiger partial charge in [0, 0.05) is 0 Å². The zero-order chi connectivity index (χ0) is 9.78. The van der Waals surface area contributed by atoms with E-state index in [0.717, 1.165) is 19.3 Å². The van der Waals surface area contributed by atoms with E-state index in [1.165, 1.54) is 32.1 Å². The second-order valence-electron chi connectivity index (χ2n) is 3.49. The van der Waals surface area contributed by atoms with Crippen LogP contribution in [0.3, 0.4) is 0 Å². The van der Waals surface area contributed by atoms with Gasteiger partial charge in [-0.3, -0.25) is 0 Å². The fourth-order valence-electron chi connectivity index (χ4n) is 1.36. The van der Waals surface area contributed by atoms with Crippen molar-refractivity contribution in [3.63, 3.8) is 0 Å². The predicted molar refractivity (Wildman–Crippen MR) is 57.3 cm³/mol. The fraction of sp³-hybridized carbons (Fsp3) is 0.833. The zero-order valence-electron chi connectivity index (χ0n) is 8.93. The number of unbranched alkanes of at least 4 members (excludes halogenated alkanes) is 6. The van der Waals surface area contributed by atoms with Crippen molar-refractivity contribution in [2.24, 2.45) is 0 Å². The molecule has 1 heteroatoms. The summed E-state index contributed by atoms with van der Waals surface area (Å²) in [5, 5.41) is 10.1. The molecule has 0 unspecified atom stereocenters. The third kappa shape index (κ3) is 11.7. The first-order chi connectivity index (χ1) is 6.41. The Hall–Kier alpha value is -0.300. The van der Waals surface area contributed by atoms with Gasteiger partial charge < -0.3 is 0 Å². The lowest BCUT2D eigenvalue weighted by molar-refractivity contribution is 0.186. The van der Waals surface area contributed by atoms with Crippen LogP contribution in [-0.2, 0) is 5.11 Å². The summed E-state index contributed by atoms with van der Waals surface area (Å²) in [5.74, 6) is 0. The molecule has 0 saturated heterocycles. The molecule has 1 radical (unpaired) electrons. The van der Waals surface area contributed by atoms with Crippen LogP contribution in [0.4, 0.5) is 0 Å². The second-order valence-corrected chi connectivity index (χ2v) is 3.49. The lowest BCUT2D eigenvalue weighted by atomic mass is 10.1. The number of hydrogen-bond donors (Lipinski definition) is 0. The van der Waals surface area contributed by atoms with Crippen LogP contribution in [0.2, 0.25) is 0 Å². The van der Waals surface area contributed by atoms with Gasteiger partial charge in [-0.15, -0.1) is 0 Å². The van der Waals surface area contributed by atoms with Crippen LogP contribution < -0.4 is 0 Å². The Balaban J connectivity index is 2.87. The van der Waals surface area contributed by atoms with E-state index in [1.54, 1.807) is 0 Å². The van der Waals surface area contributed by atoms with Gasteiger partial charge in [-0.05, 0) is 25.7 Å². The van der Waals surface area contributed by atoms with Gasteiger partial charge in [-0.1, -0.05) is 44.8 Å². The molecule has 13 heavy (non-hydrogen) atoms. The first-order valence-electron chi connectivity index (χ1n) is 5.65. The highest BCUT2D eigenvalue weighted by Crippen LogP contribution is 2.07. The summed E-state index contributed by atoms with van der Waals surface area (Å²) in [6.07, 6.45) is 14.1. The first kappa shape index (κ1) is 12.7. The molecular weight excluding hydrogens is 160 g/mol. The van der Waals surface area contributed by atoms with Crippen molar-refractivity contribution < 1.29 is 5.11 Å². The molecule has 0 amide bonds. The van der Waals surface area contributed by atoms with Crippen molar-refractivity contribution in [3.8, 4) is 0 Å². The molecule has 0 atom stereocenters. The predicted octanol–water partition coefficient (Wildman–Crippen LogP) is 4.11. The van der Waals surface area contributed by atoms with Crippen LogP contribution in [0.1, 0.15) is 58.3 Å². The van der Waals surface area contributed by atoms with E-state index >= 15 is 0 Å². The van der Waals surface area contributed by atoms with Gasteiger partial charge in [-0.25, -0.2) is 5.11 Å². The van der Waals surface area contributed by atoms with Crippen LogP contribution in [-0.4, -0.2) is 6.61 Å². The molecule has 0 spiro atoms. The molecule has 0 heterocycles. The molecule has 77 valence electrons. The van der Waals surface area contributed by atoms with E-state index in [9.17, 15) is 5.11 Å². The summed E-state index contributed by atoms with van der Waals surface area (Å²) in [7, 11) is 0. The van der Waals surface area contributed by atoms with E-state index in [4.69, 9.17) is 0 Å². The largest absolute Gasteiger partial charge is 0.237 e. The molecule has 0 N–H and O–H groups in total. The molecule has 0 saturated carbocycles. The molecule has 0 aliphatic carbocycles. The lowest BCUT2D eigenvalue weighted by Crippen LogP contribution is -1.82. The van der Waals surface area contributed by atoms with E-state index in [2.05, 4.69) is 19.1 Å². The van der Waals surface area contributed by atoms with Crippen molar-refractivity contribution in [1.82, 2.24) is 0 Å². The Labute approximate surface area is 82.9 Å². The van der Waals surface area contributed by atoms with Gasteiger partial charge in [0.25, 0.3) is 0 Å². The highest BCUT2D eigenvalue weighted by molar-refractivity contribution is 4.79. The Morgan fingerprint density at radius 2 is 1.46 bits per heavy atom. The van der Waals surface area contributed by atoms with Crippen molar-refractivity contribution in [3.05, 3.63) is 12.2 Å². The quantitative estimate of drug-likeness (QED) is 0.378. The van der Waals surface area contributed by atoms with E-state index < -0.39 is 0 Å². The normalized spacial score (nSPS) is 11.2. The van der Waals surface area contributed by atoms with Crippen LogP contribution in [0.25, 0.3) is 0 Å². The molecule has 0 aromatic rings. The van der Waals surface area contributed by atoms with Crippen LogP contribution >= 0.6 is 0 Å². The maximum absolute atomic E-state index is 10.1. The Morgan fingerprint density at radius 1 is 0.846 bits per heavy atom. The summed E-state index contributed by atoms with van der Waals surface area (Å²) in [6, 6.07) is 0. The molecular formula is C12H23O. The van der Waals surface area contributed by atoms with E-state index in [0.29, 0.717) is 0 Å². The minimum absolute atomic E-state index is 0.110. The maximum Gasteiger partial charge on any atom is 0.0822 e. The number of hydrogen-bond acceptors (Lipinski definition) is 0. The van der Waals surface area contributed by atoms with Crippen molar-refractivity contribution >= 4 is 0 Å². The van der Waals surface area contributed by atoms with Gasteiger partial charge >= 0.3 is 0 Å². The molecule has 0 aliphatic rings. The van der Waals surface area contributed by atoms with Gasteiger partial charge in [0.15, 0.2) is 0 Å². The van der Waals surface area contributed by atoms with Crippen molar-refractivity contribution in [1.29, 1.82) is 0 Å². The SMILES string of the molecule is CC/C=C\CCCCCCCC[O]. The van der Waals surface area contributed by atoms with Gasteiger partial charge in [0.2, 0.25) is 0 Å². The molecule has 0 aromatic heterocycles. The summed E-state index contributed by atoms with van der Waals surface area (Å²) in [6.45, 7) is 2.28. The van der Waals surface area contributed by atoms with Crippen molar-refractivity contribution in [2.45, 2.75) is 58.3 Å². The number of allylic oxidation sites excluding steroid dienone is 2. The summed E-state index contributed by atoms with van der Waals surface area (Å²) < 4.78 is 0. The molecule has 0 bridgehead atoms. The average Bonchev–Trinajstić information content (AvgIpc) is 2.16. The first-order valence-corrected chi connectivity index (χ1v) is 5.65. The average molecular weight is 183 g/mol. The molecule has 0 aromatic carbocycles. The summed E-state index contributed by atoms with van der Waals surface area (Å²) >= 11 is 0. The summed E-state index contributed by atoms with van der Waals surface area (Å²) in [4.78, 5) is 0. The monoisotopic (exact) mass is 183 g/mol. The van der Waals surface area contributed by atoms with Crippen LogP contribution in [0.5, 0.6) is 0 Å². The molecule has 0 fully saturated rings. The standard InChI is InChI=1S/C12H23O/c1-2-3-4-5-6-7-8-9-10-11-12-13/h3-4H,2,5-12H2,1H3/b4-3-. The minimum atomic E-state index is 0.110. The Kier molecular flexibility index (Phi) is 11.4. The minimum Gasteiger partial charge on any atom is -0.237 e. The van der Waals surface area contributed by atoms with Crippen LogP contribution in [0.15, 0.2) is 12.2 Å². The smallest absolute Gasteiger partial charge is 0.0822 e. The molecule has 0 rings (SSSR count). The Bertz CT molecular complexity index is 108. The van der Waals surface area contributed by atoms with Crippen LogP contribution in [0, 0.1) is 0 Å². The topological polar surface area (TPSA) is 19.9 Å². The van der Waals surface area contributed by atoms with Gasteiger partial charge in [-0.2, -0.15) is 0 Å². The zero-order valence-corrected chi connectivity index (χ0v) is 8.93. The maximum atomic E-state index is 10.1. The third-order valence-corrected chi connectivity index (χ3v) is 2.17. The van der Waals surface area contributed by atoms with Gasteiger partial charge in [0.05, 0.1) is 6.61 Å². The van der Waals surface area contributed by atoms with Crippen molar-refractivity contribution in [2.75, 3.05) is 6.61 Å². The second kappa shape index (κ2) is 11.7. The fourth-order valence-corrected chi connectivity index (χ4v) is 1.36. The highest BCUT2D eigenvalue weighted by atomic mass is 16.2. The third-order valence-electron chi connectivity index (χ3n) is 2.17. The van der Waals surface area contributed by atoms with Gasteiger partial charge in [0.1, 0.15) is 0 Å². The van der Waals surface area contributed by atoms with E-state index in [1.807, 2.05) is 0 Å².